The average Bonchev–Trinajstić information content (AvgIpc) is 3.25. The summed E-state index contributed by atoms with van der Waals surface area (Å²) < 4.78 is 11.4. The Morgan fingerprint density at radius 3 is 2.78 bits per heavy atom. The van der Waals surface area contributed by atoms with Crippen LogP contribution in [0.5, 0.6) is 11.5 Å². The zero-order chi connectivity index (χ0) is 22.5. The Kier molecular flexibility index (Phi) is 6.52. The number of nitrogens with one attached hydrogen (secondary N) is 1. The Labute approximate surface area is 190 Å². The lowest BCUT2D eigenvalue weighted by atomic mass is 9.98. The Morgan fingerprint density at radius 2 is 2.03 bits per heavy atom. The van der Waals surface area contributed by atoms with E-state index in [0.717, 1.165) is 28.5 Å². The molecule has 0 saturated heterocycles. The fourth-order valence-corrected chi connectivity index (χ4v) is 3.88. The first-order chi connectivity index (χ1) is 15.6. The number of ether oxygens (including phenoxy) is 2. The first-order valence-corrected chi connectivity index (χ1v) is 10.4. The number of hydrogen-bond acceptors (Lipinski definition) is 5. The quantitative estimate of drug-likeness (QED) is 0.429. The average molecular weight is 449 g/mol. The van der Waals surface area contributed by atoms with E-state index in [9.17, 15) is 9.59 Å². The van der Waals surface area contributed by atoms with E-state index in [4.69, 9.17) is 21.1 Å². The number of fused-ring (bicyclic) bond motifs is 1. The monoisotopic (exact) mass is 448 g/mol. The highest BCUT2D eigenvalue weighted by molar-refractivity contribution is 6.32. The number of halogens is 1. The minimum Gasteiger partial charge on any atom is -0.496 e. The molecule has 0 spiro atoms. The molecular formula is C25H21ClN2O4. The molecule has 1 atom stereocenters. The maximum atomic E-state index is 12.1. The standard InChI is InChI=1S/C25H21ClN2O4/c1-31-23-4-2-17(15-29)10-21(23)18-11-19-12-20(32-25(19)22(26)13-18)14-28-24(30)5-3-16-6-8-27-9-7-16/h2-11,13,15,20H,12,14H2,1H3,(H,28,30)/b5-3+. The van der Waals surface area contributed by atoms with Crippen LogP contribution in [0, 0.1) is 0 Å². The first kappa shape index (κ1) is 21.6. The fraction of sp³-hybridized carbons (Fsp3) is 0.160. The van der Waals surface area contributed by atoms with E-state index >= 15 is 0 Å². The topological polar surface area (TPSA) is 77.5 Å². The zero-order valence-corrected chi connectivity index (χ0v) is 18.1. The van der Waals surface area contributed by atoms with Crippen LogP contribution in [0.1, 0.15) is 21.5 Å². The number of rotatable bonds is 7. The Balaban J connectivity index is 1.45. The van der Waals surface area contributed by atoms with E-state index < -0.39 is 0 Å². The third-order valence-electron chi connectivity index (χ3n) is 5.16. The lowest BCUT2D eigenvalue weighted by molar-refractivity contribution is -0.116. The summed E-state index contributed by atoms with van der Waals surface area (Å²) in [5.41, 5.74) is 4.00. The van der Waals surface area contributed by atoms with Crippen LogP contribution in [-0.4, -0.2) is 36.9 Å². The molecule has 1 aliphatic rings. The normalized spacial score (nSPS) is 14.6. The number of benzene rings is 2. The molecular weight excluding hydrogens is 428 g/mol. The van der Waals surface area contributed by atoms with Crippen molar-refractivity contribution in [2.24, 2.45) is 0 Å². The number of methoxy groups -OCH3 is 1. The highest BCUT2D eigenvalue weighted by atomic mass is 35.5. The van der Waals surface area contributed by atoms with Crippen LogP contribution in [0.25, 0.3) is 17.2 Å². The second-order valence-electron chi connectivity index (χ2n) is 7.33. The number of nitrogens with zero attached hydrogens (tertiary/aromatic N) is 1. The summed E-state index contributed by atoms with van der Waals surface area (Å²) in [7, 11) is 1.58. The van der Waals surface area contributed by atoms with Crippen LogP contribution in [0.15, 0.2) is 60.9 Å². The van der Waals surface area contributed by atoms with E-state index in [1.165, 1.54) is 6.08 Å². The second kappa shape index (κ2) is 9.66. The summed E-state index contributed by atoms with van der Waals surface area (Å²) in [5.74, 6) is 1.06. The van der Waals surface area contributed by atoms with Gasteiger partial charge >= 0.3 is 0 Å². The molecule has 32 heavy (non-hydrogen) atoms. The van der Waals surface area contributed by atoms with E-state index in [1.54, 1.807) is 49.8 Å². The molecule has 1 N–H and O–H groups in total. The summed E-state index contributed by atoms with van der Waals surface area (Å²) in [6.07, 6.45) is 7.73. The summed E-state index contributed by atoms with van der Waals surface area (Å²) in [6, 6.07) is 12.7. The first-order valence-electron chi connectivity index (χ1n) is 10.1. The molecule has 1 aliphatic heterocycles. The van der Waals surface area contributed by atoms with Crippen molar-refractivity contribution in [3.05, 3.63) is 82.6 Å². The van der Waals surface area contributed by atoms with Gasteiger partial charge < -0.3 is 14.8 Å². The van der Waals surface area contributed by atoms with Crippen LogP contribution < -0.4 is 14.8 Å². The number of aromatic nitrogens is 1. The zero-order valence-electron chi connectivity index (χ0n) is 17.4. The largest absolute Gasteiger partial charge is 0.496 e. The number of aldehydes is 1. The molecule has 4 rings (SSSR count). The summed E-state index contributed by atoms with van der Waals surface area (Å²) in [6.45, 7) is 0.351. The number of carbonyl (C=O) groups excluding carboxylic acids is 2. The van der Waals surface area contributed by atoms with Gasteiger partial charge in [-0.3, -0.25) is 14.6 Å². The van der Waals surface area contributed by atoms with Crippen molar-refractivity contribution < 1.29 is 19.1 Å². The molecule has 162 valence electrons. The van der Waals surface area contributed by atoms with Gasteiger partial charge in [0, 0.05) is 41.6 Å². The van der Waals surface area contributed by atoms with Crippen molar-refractivity contribution in [1.82, 2.24) is 10.3 Å². The lowest BCUT2D eigenvalue weighted by Crippen LogP contribution is -2.33. The Morgan fingerprint density at radius 1 is 1.22 bits per heavy atom. The number of carbonyl (C=O) groups is 2. The van der Waals surface area contributed by atoms with Crippen molar-refractivity contribution in [3.8, 4) is 22.6 Å². The van der Waals surface area contributed by atoms with Gasteiger partial charge in [-0.1, -0.05) is 11.6 Å². The SMILES string of the molecule is COc1ccc(C=O)cc1-c1cc(Cl)c2c(c1)CC(CNC(=O)/C=C/c1ccncc1)O2. The number of pyridine rings is 1. The van der Waals surface area contributed by atoms with Gasteiger partial charge in [0.1, 0.15) is 23.9 Å². The van der Waals surface area contributed by atoms with Crippen LogP contribution >= 0.6 is 11.6 Å². The van der Waals surface area contributed by atoms with Crippen LogP contribution in [0.4, 0.5) is 0 Å². The molecule has 0 saturated carbocycles. The van der Waals surface area contributed by atoms with Gasteiger partial charge in [-0.2, -0.15) is 0 Å². The molecule has 7 heteroatoms. The predicted octanol–water partition coefficient (Wildman–Crippen LogP) is 4.36. The Bertz CT molecular complexity index is 1180. The molecule has 1 unspecified atom stereocenters. The van der Waals surface area contributed by atoms with E-state index in [1.807, 2.05) is 18.2 Å². The number of amides is 1. The van der Waals surface area contributed by atoms with Crippen molar-refractivity contribution in [2.45, 2.75) is 12.5 Å². The van der Waals surface area contributed by atoms with E-state index in [2.05, 4.69) is 10.3 Å². The summed E-state index contributed by atoms with van der Waals surface area (Å²) in [5, 5.41) is 3.33. The van der Waals surface area contributed by atoms with Gasteiger partial charge in [0.2, 0.25) is 5.91 Å². The second-order valence-corrected chi connectivity index (χ2v) is 7.73. The van der Waals surface area contributed by atoms with Crippen LogP contribution in [0.3, 0.4) is 0 Å². The van der Waals surface area contributed by atoms with Crippen molar-refractivity contribution in [2.75, 3.05) is 13.7 Å². The fourth-order valence-electron chi connectivity index (χ4n) is 3.60. The highest BCUT2D eigenvalue weighted by Crippen LogP contribution is 2.41. The molecule has 0 fully saturated rings. The molecule has 2 aromatic carbocycles. The predicted molar refractivity (Wildman–Crippen MR) is 123 cm³/mol. The summed E-state index contributed by atoms with van der Waals surface area (Å²) in [4.78, 5) is 27.3. The summed E-state index contributed by atoms with van der Waals surface area (Å²) >= 11 is 6.50. The third-order valence-corrected chi connectivity index (χ3v) is 5.44. The smallest absolute Gasteiger partial charge is 0.244 e. The minimum absolute atomic E-state index is 0.205. The van der Waals surface area contributed by atoms with Gasteiger partial charge in [-0.05, 0) is 59.7 Å². The maximum Gasteiger partial charge on any atom is 0.244 e. The molecule has 1 aromatic heterocycles. The molecule has 2 heterocycles. The van der Waals surface area contributed by atoms with Crippen molar-refractivity contribution in [3.63, 3.8) is 0 Å². The van der Waals surface area contributed by atoms with E-state index in [0.29, 0.717) is 35.1 Å². The van der Waals surface area contributed by atoms with Gasteiger partial charge in [0.15, 0.2) is 0 Å². The van der Waals surface area contributed by atoms with Crippen LogP contribution in [-0.2, 0) is 11.2 Å². The molecule has 0 aliphatic carbocycles. The van der Waals surface area contributed by atoms with Crippen molar-refractivity contribution in [1.29, 1.82) is 0 Å². The van der Waals surface area contributed by atoms with Gasteiger partial charge in [-0.25, -0.2) is 0 Å². The molecule has 3 aromatic rings. The minimum atomic E-state index is -0.223. The Hall–Kier alpha value is -3.64. The van der Waals surface area contributed by atoms with Crippen LogP contribution in [0.2, 0.25) is 5.02 Å². The van der Waals surface area contributed by atoms with E-state index in [-0.39, 0.29) is 12.0 Å². The van der Waals surface area contributed by atoms with Gasteiger partial charge in [0.25, 0.3) is 0 Å². The van der Waals surface area contributed by atoms with Crippen molar-refractivity contribution >= 4 is 29.9 Å². The molecule has 0 bridgehead atoms. The third kappa shape index (κ3) is 4.81. The van der Waals surface area contributed by atoms with Gasteiger partial charge in [-0.15, -0.1) is 0 Å². The lowest BCUT2D eigenvalue weighted by Gasteiger charge is -2.12. The number of hydrogen-bond donors (Lipinski definition) is 1. The maximum absolute atomic E-state index is 12.1. The molecule has 6 nitrogen and oxygen atoms in total. The molecule has 0 radical (unpaired) electrons. The van der Waals surface area contributed by atoms with Gasteiger partial charge in [0.05, 0.1) is 18.7 Å². The molecule has 1 amide bonds. The highest BCUT2D eigenvalue weighted by Gasteiger charge is 2.26.